The fourth-order valence-corrected chi connectivity index (χ4v) is 2.16. The van der Waals surface area contributed by atoms with Gasteiger partial charge in [0.25, 0.3) is 0 Å². The Kier molecular flexibility index (Phi) is 2.94. The molecular formula is C13H15N7. The predicted octanol–water partition coefficient (Wildman–Crippen LogP) is 1.51. The number of fused-ring (bicyclic) bond motifs is 1. The number of nitrogens with one attached hydrogen (secondary N) is 1. The first kappa shape index (κ1) is 12.3. The molecule has 7 heteroatoms. The molecule has 0 saturated heterocycles. The van der Waals surface area contributed by atoms with Crippen molar-refractivity contribution in [2.75, 3.05) is 11.1 Å². The highest BCUT2D eigenvalue weighted by Crippen LogP contribution is 2.24. The number of anilines is 2. The van der Waals surface area contributed by atoms with Crippen LogP contribution in [-0.4, -0.2) is 24.7 Å². The number of benzene rings is 1. The van der Waals surface area contributed by atoms with Crippen LogP contribution in [-0.2, 0) is 7.05 Å². The highest BCUT2D eigenvalue weighted by molar-refractivity contribution is 5.89. The second kappa shape index (κ2) is 4.76. The minimum absolute atomic E-state index is 0.0415. The second-order valence-corrected chi connectivity index (χ2v) is 4.61. The Bertz CT molecular complexity index is 749. The molecule has 3 rings (SSSR count). The summed E-state index contributed by atoms with van der Waals surface area (Å²) in [6, 6.07) is 7.69. The summed E-state index contributed by atoms with van der Waals surface area (Å²) in [5, 5.41) is 12.2. The largest absolute Gasteiger partial charge is 0.368 e. The summed E-state index contributed by atoms with van der Waals surface area (Å²) >= 11 is 0. The zero-order valence-electron chi connectivity index (χ0n) is 11.3. The molecule has 2 heterocycles. The summed E-state index contributed by atoms with van der Waals surface area (Å²) in [6.07, 6.45) is 1.67. The maximum atomic E-state index is 5.75. The van der Waals surface area contributed by atoms with E-state index in [0.29, 0.717) is 5.82 Å². The van der Waals surface area contributed by atoms with E-state index in [0.717, 1.165) is 16.7 Å². The normalized spacial score (nSPS) is 12.5. The third-order valence-corrected chi connectivity index (χ3v) is 3.11. The lowest BCUT2D eigenvalue weighted by atomic mass is 10.2. The molecule has 3 N–H and O–H groups in total. The lowest BCUT2D eigenvalue weighted by Gasteiger charge is -2.15. The number of nitrogens with two attached hydrogens (primary N) is 1. The first-order chi connectivity index (χ1) is 9.65. The van der Waals surface area contributed by atoms with Crippen LogP contribution in [0.25, 0.3) is 10.9 Å². The van der Waals surface area contributed by atoms with Gasteiger partial charge in [0.05, 0.1) is 11.6 Å². The molecule has 102 valence electrons. The van der Waals surface area contributed by atoms with Gasteiger partial charge in [0, 0.05) is 12.4 Å². The molecule has 7 nitrogen and oxygen atoms in total. The van der Waals surface area contributed by atoms with Crippen molar-refractivity contribution in [1.29, 1.82) is 0 Å². The van der Waals surface area contributed by atoms with Crippen molar-refractivity contribution in [2.24, 2.45) is 7.05 Å². The summed E-state index contributed by atoms with van der Waals surface area (Å²) in [7, 11) is 1.90. The van der Waals surface area contributed by atoms with Gasteiger partial charge in [0.2, 0.25) is 5.95 Å². The van der Waals surface area contributed by atoms with E-state index in [-0.39, 0.29) is 12.0 Å². The minimum atomic E-state index is -0.0415. The molecule has 1 aromatic carbocycles. The van der Waals surface area contributed by atoms with Crippen molar-refractivity contribution in [3.63, 3.8) is 0 Å². The predicted molar refractivity (Wildman–Crippen MR) is 77.0 cm³/mol. The van der Waals surface area contributed by atoms with Crippen LogP contribution in [0.1, 0.15) is 18.8 Å². The maximum absolute atomic E-state index is 5.75. The van der Waals surface area contributed by atoms with Crippen LogP contribution < -0.4 is 11.1 Å². The van der Waals surface area contributed by atoms with Crippen LogP contribution in [0.2, 0.25) is 0 Å². The molecule has 0 radical (unpaired) electrons. The van der Waals surface area contributed by atoms with Gasteiger partial charge >= 0.3 is 0 Å². The quantitative estimate of drug-likeness (QED) is 0.748. The summed E-state index contributed by atoms with van der Waals surface area (Å²) in [4.78, 5) is 8.50. The van der Waals surface area contributed by atoms with E-state index in [9.17, 15) is 0 Å². The van der Waals surface area contributed by atoms with Crippen LogP contribution in [0, 0.1) is 0 Å². The number of rotatable bonds is 3. The van der Waals surface area contributed by atoms with Gasteiger partial charge in [-0.2, -0.15) is 4.98 Å². The SMILES string of the molecule is CC(Nc1nc(N)nc2ccccc12)c1nncn1C. The number of aryl methyl sites for hydroxylation is 1. The molecule has 0 aliphatic heterocycles. The van der Waals surface area contributed by atoms with E-state index in [1.165, 1.54) is 0 Å². The fraction of sp³-hybridized carbons (Fsp3) is 0.231. The molecule has 0 fully saturated rings. The third kappa shape index (κ3) is 2.13. The van der Waals surface area contributed by atoms with E-state index in [1.54, 1.807) is 6.33 Å². The second-order valence-electron chi connectivity index (χ2n) is 4.61. The van der Waals surface area contributed by atoms with E-state index in [2.05, 4.69) is 25.5 Å². The van der Waals surface area contributed by atoms with E-state index in [1.807, 2.05) is 42.8 Å². The van der Waals surface area contributed by atoms with Crippen LogP contribution in [0.15, 0.2) is 30.6 Å². The third-order valence-electron chi connectivity index (χ3n) is 3.11. The Labute approximate surface area is 115 Å². The van der Waals surface area contributed by atoms with Gasteiger partial charge in [-0.15, -0.1) is 10.2 Å². The zero-order chi connectivity index (χ0) is 14.1. The average Bonchev–Trinajstić information content (AvgIpc) is 2.85. The smallest absolute Gasteiger partial charge is 0.222 e. The number of para-hydroxylation sites is 1. The Hall–Kier alpha value is -2.70. The van der Waals surface area contributed by atoms with Crippen molar-refractivity contribution in [1.82, 2.24) is 24.7 Å². The zero-order valence-corrected chi connectivity index (χ0v) is 11.3. The minimum Gasteiger partial charge on any atom is -0.368 e. The van der Waals surface area contributed by atoms with E-state index in [4.69, 9.17) is 5.73 Å². The molecule has 0 spiro atoms. The van der Waals surface area contributed by atoms with Crippen LogP contribution in [0.3, 0.4) is 0 Å². The fourth-order valence-electron chi connectivity index (χ4n) is 2.16. The number of nitrogen functional groups attached to an aromatic ring is 1. The van der Waals surface area contributed by atoms with Crippen LogP contribution in [0.4, 0.5) is 11.8 Å². The van der Waals surface area contributed by atoms with Crippen molar-refractivity contribution >= 4 is 22.7 Å². The molecule has 2 aromatic heterocycles. The van der Waals surface area contributed by atoms with Crippen molar-refractivity contribution in [2.45, 2.75) is 13.0 Å². The summed E-state index contributed by atoms with van der Waals surface area (Å²) in [6.45, 7) is 2.00. The lowest BCUT2D eigenvalue weighted by Crippen LogP contribution is -2.14. The van der Waals surface area contributed by atoms with Gasteiger partial charge in [-0.3, -0.25) is 0 Å². The van der Waals surface area contributed by atoms with Gasteiger partial charge < -0.3 is 15.6 Å². The first-order valence-corrected chi connectivity index (χ1v) is 6.28. The van der Waals surface area contributed by atoms with Crippen molar-refractivity contribution in [3.05, 3.63) is 36.4 Å². The molecule has 0 saturated carbocycles. The van der Waals surface area contributed by atoms with Crippen LogP contribution >= 0.6 is 0 Å². The van der Waals surface area contributed by atoms with Gasteiger partial charge in [0.15, 0.2) is 5.82 Å². The molecule has 1 unspecified atom stereocenters. The van der Waals surface area contributed by atoms with Gasteiger partial charge in [-0.1, -0.05) is 12.1 Å². The molecule has 0 aliphatic carbocycles. The number of nitrogens with zero attached hydrogens (tertiary/aromatic N) is 5. The summed E-state index contributed by atoms with van der Waals surface area (Å²) in [5.74, 6) is 1.77. The van der Waals surface area contributed by atoms with E-state index < -0.39 is 0 Å². The van der Waals surface area contributed by atoms with Gasteiger partial charge in [-0.05, 0) is 19.1 Å². The molecular weight excluding hydrogens is 254 g/mol. The molecule has 3 aromatic rings. The summed E-state index contributed by atoms with van der Waals surface area (Å²) < 4.78 is 1.87. The highest BCUT2D eigenvalue weighted by Gasteiger charge is 2.14. The lowest BCUT2D eigenvalue weighted by molar-refractivity contribution is 0.717. The number of hydrogen-bond donors (Lipinski definition) is 2. The van der Waals surface area contributed by atoms with E-state index >= 15 is 0 Å². The molecule has 0 bridgehead atoms. The number of hydrogen-bond acceptors (Lipinski definition) is 6. The Morgan fingerprint density at radius 2 is 2.05 bits per heavy atom. The first-order valence-electron chi connectivity index (χ1n) is 6.28. The average molecular weight is 269 g/mol. The molecule has 0 aliphatic rings. The molecule has 1 atom stereocenters. The molecule has 0 amide bonds. The van der Waals surface area contributed by atoms with Gasteiger partial charge in [0.1, 0.15) is 12.1 Å². The summed E-state index contributed by atoms with van der Waals surface area (Å²) in [5.41, 5.74) is 6.57. The monoisotopic (exact) mass is 269 g/mol. The maximum Gasteiger partial charge on any atom is 0.222 e. The van der Waals surface area contributed by atoms with Crippen molar-refractivity contribution in [3.8, 4) is 0 Å². The standard InChI is InChI=1S/C13H15N7/c1-8(12-19-15-7-20(12)2)16-11-9-5-3-4-6-10(9)17-13(14)18-11/h3-8H,1-2H3,(H3,14,16,17,18). The Balaban J connectivity index is 2.00. The number of aromatic nitrogens is 5. The van der Waals surface area contributed by atoms with Gasteiger partial charge in [-0.25, -0.2) is 4.98 Å². The Morgan fingerprint density at radius 3 is 2.80 bits per heavy atom. The molecule has 20 heavy (non-hydrogen) atoms. The van der Waals surface area contributed by atoms with Crippen molar-refractivity contribution < 1.29 is 0 Å². The van der Waals surface area contributed by atoms with Crippen LogP contribution in [0.5, 0.6) is 0 Å². The topological polar surface area (TPSA) is 94.5 Å². The Morgan fingerprint density at radius 1 is 1.25 bits per heavy atom. The highest BCUT2D eigenvalue weighted by atomic mass is 15.3.